The van der Waals surface area contributed by atoms with Crippen molar-refractivity contribution >= 4 is 24.4 Å². The van der Waals surface area contributed by atoms with E-state index >= 15 is 0 Å². The number of rotatable bonds is 1. The molecule has 0 radical (unpaired) electrons. The second kappa shape index (κ2) is 3.13. The van der Waals surface area contributed by atoms with Crippen molar-refractivity contribution in [1.29, 1.82) is 0 Å². The van der Waals surface area contributed by atoms with E-state index in [4.69, 9.17) is 0 Å². The third kappa shape index (κ3) is 1.65. The fraction of sp³-hybridized carbons (Fsp3) is 0.667. The minimum atomic E-state index is -0.470. The minimum Gasteiger partial charge on any atom is -0.343 e. The van der Waals surface area contributed by atoms with Crippen molar-refractivity contribution in [3.63, 3.8) is 0 Å². The average Bonchev–Trinajstić information content (AvgIpc) is 1.97. The molecule has 11 heavy (non-hydrogen) atoms. The maximum Gasteiger partial charge on any atom is 0.244 e. The van der Waals surface area contributed by atoms with Gasteiger partial charge in [0.25, 0.3) is 0 Å². The summed E-state index contributed by atoms with van der Waals surface area (Å²) in [5.74, 6) is 0.0281. The Morgan fingerprint density at radius 3 is 2.55 bits per heavy atom. The fourth-order valence-electron chi connectivity index (χ4n) is 0.870. The molecule has 4 nitrogen and oxygen atoms in total. The maximum absolute atomic E-state index is 11.0. The first-order chi connectivity index (χ1) is 5.15. The van der Waals surface area contributed by atoms with Crippen LogP contribution in [0.5, 0.6) is 0 Å². The van der Waals surface area contributed by atoms with Gasteiger partial charge in [-0.2, -0.15) is 12.6 Å². The zero-order valence-electron chi connectivity index (χ0n) is 6.13. The molecule has 2 N–H and O–H groups in total. The number of amides is 2. The van der Waals surface area contributed by atoms with Gasteiger partial charge >= 0.3 is 0 Å². The van der Waals surface area contributed by atoms with Crippen LogP contribution in [0.1, 0.15) is 6.92 Å². The van der Waals surface area contributed by atoms with Crippen molar-refractivity contribution in [2.75, 3.05) is 5.75 Å². The molecule has 0 saturated carbocycles. The van der Waals surface area contributed by atoms with E-state index in [1.165, 1.54) is 0 Å². The van der Waals surface area contributed by atoms with Gasteiger partial charge in [-0.3, -0.25) is 9.59 Å². The second-order valence-electron chi connectivity index (χ2n) is 2.47. The second-order valence-corrected chi connectivity index (χ2v) is 2.84. The monoisotopic (exact) mass is 174 g/mol. The summed E-state index contributed by atoms with van der Waals surface area (Å²) in [7, 11) is 0. The van der Waals surface area contributed by atoms with Crippen molar-refractivity contribution in [1.82, 2.24) is 10.6 Å². The first kappa shape index (κ1) is 8.39. The van der Waals surface area contributed by atoms with E-state index in [-0.39, 0.29) is 11.8 Å². The van der Waals surface area contributed by atoms with E-state index in [1.54, 1.807) is 6.92 Å². The minimum absolute atomic E-state index is 0.149. The topological polar surface area (TPSA) is 58.2 Å². The first-order valence-corrected chi connectivity index (χ1v) is 4.00. The lowest BCUT2D eigenvalue weighted by atomic mass is 10.2. The summed E-state index contributed by atoms with van der Waals surface area (Å²) in [5.41, 5.74) is 0. The highest BCUT2D eigenvalue weighted by atomic mass is 32.1. The third-order valence-electron chi connectivity index (χ3n) is 1.57. The van der Waals surface area contributed by atoms with Crippen LogP contribution in [-0.2, 0) is 9.59 Å². The molecule has 0 bridgehead atoms. The van der Waals surface area contributed by atoms with Crippen LogP contribution in [0, 0.1) is 0 Å². The summed E-state index contributed by atoms with van der Waals surface area (Å²) >= 11 is 3.92. The molecule has 1 aliphatic heterocycles. The molecular weight excluding hydrogens is 164 g/mol. The van der Waals surface area contributed by atoms with Crippen LogP contribution in [0.3, 0.4) is 0 Å². The smallest absolute Gasteiger partial charge is 0.244 e. The van der Waals surface area contributed by atoms with Gasteiger partial charge in [0, 0.05) is 5.75 Å². The summed E-state index contributed by atoms with van der Waals surface area (Å²) < 4.78 is 0. The molecule has 1 fully saturated rings. The standard InChI is InChI=1S/C6H10N2O2S/c1-3-5(9)8-4(2-11)6(10)7-3/h3-4,11H,2H2,1H3,(H,7,10)(H,8,9)/t3?,4-/m0/s1. The van der Waals surface area contributed by atoms with Crippen molar-refractivity contribution in [2.45, 2.75) is 19.0 Å². The normalized spacial score (nSPS) is 31.1. The number of thiol groups is 1. The summed E-state index contributed by atoms with van der Waals surface area (Å²) in [4.78, 5) is 22.0. The van der Waals surface area contributed by atoms with Crippen LogP contribution in [0.15, 0.2) is 0 Å². The molecular formula is C6H10N2O2S. The highest BCUT2D eigenvalue weighted by molar-refractivity contribution is 7.80. The quantitative estimate of drug-likeness (QED) is 0.443. The van der Waals surface area contributed by atoms with Gasteiger partial charge in [0.1, 0.15) is 12.1 Å². The molecule has 1 saturated heterocycles. The number of hydrogen-bond donors (Lipinski definition) is 3. The number of carbonyl (C=O) groups is 2. The lowest BCUT2D eigenvalue weighted by Gasteiger charge is -2.26. The Morgan fingerprint density at radius 1 is 1.36 bits per heavy atom. The SMILES string of the molecule is CC1NC(=O)[C@H](CS)NC1=O. The lowest BCUT2D eigenvalue weighted by Crippen LogP contribution is -2.61. The van der Waals surface area contributed by atoms with E-state index in [0.717, 1.165) is 0 Å². The molecule has 5 heteroatoms. The van der Waals surface area contributed by atoms with E-state index in [9.17, 15) is 9.59 Å². The van der Waals surface area contributed by atoms with Gasteiger partial charge in [-0.15, -0.1) is 0 Å². The van der Waals surface area contributed by atoms with Crippen molar-refractivity contribution < 1.29 is 9.59 Å². The van der Waals surface area contributed by atoms with Gasteiger partial charge in [0.05, 0.1) is 0 Å². The number of carbonyl (C=O) groups excluding carboxylic acids is 2. The predicted octanol–water partition coefficient (Wildman–Crippen LogP) is -1.08. The van der Waals surface area contributed by atoms with Crippen LogP contribution in [0.25, 0.3) is 0 Å². The van der Waals surface area contributed by atoms with E-state index in [2.05, 4.69) is 23.3 Å². The molecule has 0 aromatic carbocycles. The van der Waals surface area contributed by atoms with Crippen LogP contribution in [0.4, 0.5) is 0 Å². The molecule has 1 rings (SSSR count). The molecule has 0 aromatic heterocycles. The Morgan fingerprint density at radius 2 is 2.00 bits per heavy atom. The van der Waals surface area contributed by atoms with E-state index < -0.39 is 12.1 Å². The lowest BCUT2D eigenvalue weighted by molar-refractivity contribution is -0.135. The summed E-state index contributed by atoms with van der Waals surface area (Å²) in [5, 5.41) is 5.07. The summed E-state index contributed by atoms with van der Waals surface area (Å²) in [6.45, 7) is 1.64. The molecule has 62 valence electrons. The zero-order valence-corrected chi connectivity index (χ0v) is 7.02. The maximum atomic E-state index is 11.0. The van der Waals surface area contributed by atoms with Gasteiger partial charge in [0.2, 0.25) is 11.8 Å². The van der Waals surface area contributed by atoms with Crippen molar-refractivity contribution in [3.05, 3.63) is 0 Å². The Bertz CT molecular complexity index is 195. The Hall–Kier alpha value is -0.710. The zero-order chi connectivity index (χ0) is 8.43. The molecule has 2 amide bonds. The molecule has 2 atom stereocenters. The molecule has 0 aromatic rings. The molecule has 0 aliphatic carbocycles. The Balaban J connectivity index is 2.62. The van der Waals surface area contributed by atoms with Crippen LogP contribution >= 0.6 is 12.6 Å². The van der Waals surface area contributed by atoms with Crippen LogP contribution < -0.4 is 10.6 Å². The Kier molecular flexibility index (Phi) is 2.38. The summed E-state index contributed by atoms with van der Waals surface area (Å²) in [6, 6.07) is -0.888. The highest BCUT2D eigenvalue weighted by Gasteiger charge is 2.29. The average molecular weight is 174 g/mol. The number of hydrogen-bond acceptors (Lipinski definition) is 3. The molecule has 1 heterocycles. The fourth-order valence-corrected chi connectivity index (χ4v) is 1.13. The van der Waals surface area contributed by atoms with Gasteiger partial charge in [-0.25, -0.2) is 0 Å². The molecule has 0 spiro atoms. The number of piperazine rings is 1. The van der Waals surface area contributed by atoms with Gasteiger partial charge < -0.3 is 10.6 Å². The van der Waals surface area contributed by atoms with Crippen molar-refractivity contribution in [2.24, 2.45) is 0 Å². The first-order valence-electron chi connectivity index (χ1n) is 3.36. The molecule has 1 unspecified atom stereocenters. The van der Waals surface area contributed by atoms with Crippen LogP contribution in [-0.4, -0.2) is 29.7 Å². The van der Waals surface area contributed by atoms with Crippen LogP contribution in [0.2, 0.25) is 0 Å². The predicted molar refractivity (Wildman–Crippen MR) is 43.4 cm³/mol. The van der Waals surface area contributed by atoms with Gasteiger partial charge in [0.15, 0.2) is 0 Å². The largest absolute Gasteiger partial charge is 0.343 e. The van der Waals surface area contributed by atoms with Gasteiger partial charge in [-0.05, 0) is 6.92 Å². The highest BCUT2D eigenvalue weighted by Crippen LogP contribution is 1.97. The van der Waals surface area contributed by atoms with Crippen molar-refractivity contribution in [3.8, 4) is 0 Å². The number of nitrogens with one attached hydrogen (secondary N) is 2. The molecule has 1 aliphatic rings. The Labute approximate surface area is 70.1 Å². The van der Waals surface area contributed by atoms with E-state index in [0.29, 0.717) is 5.75 Å². The third-order valence-corrected chi connectivity index (χ3v) is 1.93. The van der Waals surface area contributed by atoms with Gasteiger partial charge in [-0.1, -0.05) is 0 Å². The summed E-state index contributed by atoms with van der Waals surface area (Å²) in [6.07, 6.45) is 0. The van der Waals surface area contributed by atoms with E-state index in [1.807, 2.05) is 0 Å².